The second kappa shape index (κ2) is 15.4. The van der Waals surface area contributed by atoms with Crippen LogP contribution in [0.5, 0.6) is 5.75 Å². The van der Waals surface area contributed by atoms with E-state index in [1.807, 2.05) is 22.8 Å². The molecule has 0 saturated carbocycles. The number of aliphatic imine (C=N–C) groups is 1. The molecule has 1 heterocycles. The maximum absolute atomic E-state index is 15.2. The van der Waals surface area contributed by atoms with E-state index < -0.39 is 11.6 Å². The summed E-state index contributed by atoms with van der Waals surface area (Å²) in [7, 11) is 1.57. The number of nitrogens with zero attached hydrogens (tertiary/aromatic N) is 4. The van der Waals surface area contributed by atoms with Crippen molar-refractivity contribution >= 4 is 41.7 Å². The Kier molecular flexibility index (Phi) is 11.7. The molecule has 1 aliphatic rings. The smallest absolute Gasteiger partial charge is 0.209 e. The Balaban J connectivity index is 0.00000461. The maximum atomic E-state index is 15.2. The van der Waals surface area contributed by atoms with Gasteiger partial charge in [0.2, 0.25) is 12.2 Å². The van der Waals surface area contributed by atoms with Crippen LogP contribution in [0.2, 0.25) is 5.02 Å². The third-order valence-electron chi connectivity index (χ3n) is 7.52. The Bertz CT molecular complexity index is 1700. The Morgan fingerprint density at radius 2 is 1.91 bits per heavy atom. The molecule has 3 aromatic carbocycles. The number of methoxy groups -OCH3 is 1. The van der Waals surface area contributed by atoms with Crippen LogP contribution < -0.4 is 15.8 Å². The number of hydrogen-bond acceptors (Lipinski definition) is 5. The van der Waals surface area contributed by atoms with E-state index >= 15 is 8.78 Å². The van der Waals surface area contributed by atoms with Gasteiger partial charge in [-0.3, -0.25) is 4.57 Å². The van der Waals surface area contributed by atoms with Gasteiger partial charge in [-0.15, -0.1) is 17.4 Å². The second-order valence-corrected chi connectivity index (χ2v) is 11.7. The molecule has 0 spiro atoms. The largest absolute Gasteiger partial charge is 0.495 e. The number of imidazole rings is 1. The summed E-state index contributed by atoms with van der Waals surface area (Å²) in [4.78, 5) is 8.31. The molecule has 4 aromatic rings. The number of guanidine groups is 1. The van der Waals surface area contributed by atoms with E-state index in [9.17, 15) is 4.39 Å². The summed E-state index contributed by atoms with van der Waals surface area (Å²) < 4.78 is 51.8. The highest BCUT2D eigenvalue weighted by molar-refractivity contribution is 7.98. The van der Waals surface area contributed by atoms with E-state index in [0.29, 0.717) is 46.6 Å². The molecule has 0 fully saturated rings. The topological polar surface area (TPSA) is 101 Å². The fourth-order valence-corrected chi connectivity index (χ4v) is 6.69. The van der Waals surface area contributed by atoms with Crippen LogP contribution in [-0.2, 0) is 18.6 Å². The normalized spacial score (nSPS) is 14.3. The molecule has 0 radical (unpaired) electrons. The SMILES string of the molecule is COc1cc(C2CCCc3nc(SCc4c(F)cc(CCCN/C(N)=N/C#N)cc4F)n(-c4ccc(F)cc4)c32)ccc1Cl.Cl. The van der Waals surface area contributed by atoms with Gasteiger partial charge in [0.05, 0.1) is 23.5 Å². The predicted octanol–water partition coefficient (Wildman–Crippen LogP) is 7.45. The molecule has 0 aliphatic heterocycles. The van der Waals surface area contributed by atoms with Crippen LogP contribution in [0.15, 0.2) is 64.7 Å². The van der Waals surface area contributed by atoms with Crippen molar-refractivity contribution in [3.05, 3.63) is 105 Å². The zero-order valence-electron chi connectivity index (χ0n) is 24.3. The summed E-state index contributed by atoms with van der Waals surface area (Å²) in [6, 6.07) is 14.5. The number of nitriles is 1. The molecular formula is C32H31Cl2F3N6OS. The minimum Gasteiger partial charge on any atom is -0.495 e. The Morgan fingerprint density at radius 1 is 1.18 bits per heavy atom. The number of halogens is 5. The van der Waals surface area contributed by atoms with E-state index in [1.54, 1.807) is 25.4 Å². The van der Waals surface area contributed by atoms with Gasteiger partial charge in [0, 0.05) is 29.5 Å². The van der Waals surface area contributed by atoms with Gasteiger partial charge in [-0.25, -0.2) is 18.2 Å². The molecule has 0 amide bonds. The van der Waals surface area contributed by atoms with Crippen molar-refractivity contribution in [2.45, 2.75) is 48.9 Å². The Hall–Kier alpha value is -3.85. The minimum atomic E-state index is -0.637. The first-order chi connectivity index (χ1) is 21.3. The first-order valence-electron chi connectivity index (χ1n) is 14.1. The number of hydrogen-bond donors (Lipinski definition) is 2. The van der Waals surface area contributed by atoms with Gasteiger partial charge in [0.25, 0.3) is 0 Å². The highest BCUT2D eigenvalue weighted by atomic mass is 35.5. The van der Waals surface area contributed by atoms with Crippen LogP contribution in [-0.4, -0.2) is 29.2 Å². The first kappa shape index (κ1) is 34.0. The van der Waals surface area contributed by atoms with Crippen molar-refractivity contribution in [2.24, 2.45) is 10.7 Å². The molecule has 1 aromatic heterocycles. The zero-order chi connectivity index (χ0) is 31.2. The average Bonchev–Trinajstić information content (AvgIpc) is 3.38. The number of nitrogens with one attached hydrogen (secondary N) is 1. The summed E-state index contributed by atoms with van der Waals surface area (Å²) in [5.74, 6) is -1.10. The van der Waals surface area contributed by atoms with Crippen LogP contribution in [0.3, 0.4) is 0 Å². The zero-order valence-corrected chi connectivity index (χ0v) is 26.7. The molecule has 1 aliphatic carbocycles. The van der Waals surface area contributed by atoms with Gasteiger partial charge in [0.1, 0.15) is 23.2 Å². The van der Waals surface area contributed by atoms with Crippen LogP contribution in [0.25, 0.3) is 5.69 Å². The molecule has 13 heteroatoms. The van der Waals surface area contributed by atoms with Crippen molar-refractivity contribution < 1.29 is 17.9 Å². The van der Waals surface area contributed by atoms with Crippen molar-refractivity contribution in [3.63, 3.8) is 0 Å². The molecule has 1 unspecified atom stereocenters. The lowest BCUT2D eigenvalue weighted by atomic mass is 9.84. The van der Waals surface area contributed by atoms with E-state index in [4.69, 9.17) is 32.3 Å². The second-order valence-electron chi connectivity index (χ2n) is 10.3. The summed E-state index contributed by atoms with van der Waals surface area (Å²) in [5, 5.41) is 12.4. The van der Waals surface area contributed by atoms with Gasteiger partial charge in [-0.05, 0) is 91.8 Å². The lowest BCUT2D eigenvalue weighted by molar-refractivity contribution is 0.414. The summed E-state index contributed by atoms with van der Waals surface area (Å²) in [6.07, 6.45) is 5.04. The van der Waals surface area contributed by atoms with Crippen molar-refractivity contribution in [3.8, 4) is 17.6 Å². The molecule has 5 rings (SSSR count). The summed E-state index contributed by atoms with van der Waals surface area (Å²) in [6.45, 7) is 0.401. The Labute approximate surface area is 275 Å². The molecule has 236 valence electrons. The quantitative estimate of drug-likeness (QED) is 0.0596. The third kappa shape index (κ3) is 7.87. The predicted molar refractivity (Wildman–Crippen MR) is 173 cm³/mol. The van der Waals surface area contributed by atoms with E-state index in [2.05, 4.69) is 10.3 Å². The van der Waals surface area contributed by atoms with Gasteiger partial charge in [0.15, 0.2) is 5.16 Å². The van der Waals surface area contributed by atoms with E-state index in [0.717, 1.165) is 36.2 Å². The van der Waals surface area contributed by atoms with Crippen LogP contribution in [0, 0.1) is 28.9 Å². The number of fused-ring (bicyclic) bond motifs is 1. The van der Waals surface area contributed by atoms with Crippen LogP contribution in [0.1, 0.15) is 53.3 Å². The molecular weight excluding hydrogens is 644 g/mol. The van der Waals surface area contributed by atoms with Gasteiger partial charge < -0.3 is 15.8 Å². The fourth-order valence-electron chi connectivity index (χ4n) is 5.44. The molecule has 7 nitrogen and oxygen atoms in total. The molecule has 0 saturated heterocycles. The highest BCUT2D eigenvalue weighted by Crippen LogP contribution is 2.42. The third-order valence-corrected chi connectivity index (χ3v) is 8.80. The molecule has 3 N–H and O–H groups in total. The Morgan fingerprint density at radius 3 is 2.60 bits per heavy atom. The highest BCUT2D eigenvalue weighted by Gasteiger charge is 2.31. The van der Waals surface area contributed by atoms with Gasteiger partial charge >= 0.3 is 0 Å². The lowest BCUT2D eigenvalue weighted by Gasteiger charge is -2.26. The standard InChI is InChI=1S/C32H30ClF3N6OS.ClH/c1-43-29-16-20(7-12-25(29)33)23-5-2-6-28-30(23)42(22-10-8-21(34)9-11-22)32(41-28)44-17-24-26(35)14-19(15-27(24)36)4-3-13-39-31(38)40-18-37;/h7-12,14-16,23H,2-6,13,17H2,1H3,(H3,38,39,40);1H. The van der Waals surface area contributed by atoms with E-state index in [-0.39, 0.29) is 41.4 Å². The van der Waals surface area contributed by atoms with E-state index in [1.165, 1.54) is 36.0 Å². The van der Waals surface area contributed by atoms with Crippen molar-refractivity contribution in [1.82, 2.24) is 14.9 Å². The monoisotopic (exact) mass is 674 g/mol. The fraction of sp³-hybridized carbons (Fsp3) is 0.281. The van der Waals surface area contributed by atoms with Crippen molar-refractivity contribution in [1.29, 1.82) is 5.26 Å². The molecule has 1 atom stereocenters. The van der Waals surface area contributed by atoms with Crippen LogP contribution in [0.4, 0.5) is 13.2 Å². The molecule has 45 heavy (non-hydrogen) atoms. The number of aryl methyl sites for hydroxylation is 2. The van der Waals surface area contributed by atoms with Gasteiger partial charge in [-0.1, -0.05) is 29.4 Å². The number of ether oxygens (including phenoxy) is 1. The maximum Gasteiger partial charge on any atom is 0.209 e. The van der Waals surface area contributed by atoms with Gasteiger partial charge in [-0.2, -0.15) is 5.26 Å². The number of rotatable bonds is 10. The number of benzene rings is 3. The average molecular weight is 676 g/mol. The number of aromatic nitrogens is 2. The summed E-state index contributed by atoms with van der Waals surface area (Å²) >= 11 is 7.54. The first-order valence-corrected chi connectivity index (χ1v) is 15.4. The number of thioether (sulfide) groups is 1. The lowest BCUT2D eigenvalue weighted by Crippen LogP contribution is -2.32. The summed E-state index contributed by atoms with van der Waals surface area (Å²) in [5.41, 5.74) is 9.55. The minimum absolute atomic E-state index is 0. The van der Waals surface area contributed by atoms with Crippen molar-refractivity contribution in [2.75, 3.05) is 13.7 Å². The number of nitrogens with two attached hydrogens (primary N) is 1. The molecule has 0 bridgehead atoms. The van der Waals surface area contributed by atoms with Crippen LogP contribution >= 0.6 is 35.8 Å².